The molecule has 0 N–H and O–H groups in total. The van der Waals surface area contributed by atoms with Crippen molar-refractivity contribution in [2.75, 3.05) is 11.4 Å². The number of pyridine rings is 1. The maximum Gasteiger partial charge on any atom is 0.277 e. The number of benzene rings is 1. The van der Waals surface area contributed by atoms with Crippen LogP contribution in [-0.4, -0.2) is 22.4 Å². The minimum absolute atomic E-state index is 0.0744. The van der Waals surface area contributed by atoms with Gasteiger partial charge in [0.2, 0.25) is 0 Å². The highest BCUT2D eigenvalue weighted by molar-refractivity contribution is 7.13. The Labute approximate surface area is 139 Å². The standard InChI is InChI=1S/C18H17N3OS/c1-3-21(15-6-4-5-13(2)11-15)18(22)16-12-23-17(20-16)14-7-9-19-10-8-14/h4-12H,3H2,1-2H3. The smallest absolute Gasteiger partial charge is 0.277 e. The number of amides is 1. The molecule has 0 aliphatic carbocycles. The van der Waals surface area contributed by atoms with E-state index in [4.69, 9.17) is 0 Å². The summed E-state index contributed by atoms with van der Waals surface area (Å²) in [7, 11) is 0. The molecule has 3 aromatic rings. The summed E-state index contributed by atoms with van der Waals surface area (Å²) in [4.78, 5) is 23.0. The molecule has 0 bridgehead atoms. The van der Waals surface area contributed by atoms with Crippen LogP contribution in [0.3, 0.4) is 0 Å². The van der Waals surface area contributed by atoms with Gasteiger partial charge in [-0.1, -0.05) is 12.1 Å². The van der Waals surface area contributed by atoms with Gasteiger partial charge in [0.25, 0.3) is 5.91 Å². The predicted molar refractivity (Wildman–Crippen MR) is 93.9 cm³/mol. The largest absolute Gasteiger partial charge is 0.307 e. The lowest BCUT2D eigenvalue weighted by Gasteiger charge is -2.20. The summed E-state index contributed by atoms with van der Waals surface area (Å²) < 4.78 is 0. The molecule has 2 aromatic heterocycles. The average molecular weight is 323 g/mol. The molecule has 0 fully saturated rings. The van der Waals surface area contributed by atoms with Crippen molar-refractivity contribution in [3.05, 3.63) is 65.4 Å². The molecular formula is C18H17N3OS. The highest BCUT2D eigenvalue weighted by Crippen LogP contribution is 2.25. The minimum Gasteiger partial charge on any atom is -0.307 e. The molecule has 5 heteroatoms. The number of hydrogen-bond acceptors (Lipinski definition) is 4. The van der Waals surface area contributed by atoms with Crippen molar-refractivity contribution in [1.29, 1.82) is 0 Å². The first kappa shape index (κ1) is 15.4. The van der Waals surface area contributed by atoms with E-state index in [2.05, 4.69) is 9.97 Å². The van der Waals surface area contributed by atoms with Crippen molar-refractivity contribution in [2.24, 2.45) is 0 Å². The van der Waals surface area contributed by atoms with Gasteiger partial charge in [-0.2, -0.15) is 0 Å². The van der Waals surface area contributed by atoms with E-state index in [1.165, 1.54) is 11.3 Å². The molecule has 0 aliphatic rings. The fraction of sp³-hybridized carbons (Fsp3) is 0.167. The third kappa shape index (κ3) is 3.29. The zero-order valence-electron chi connectivity index (χ0n) is 13.1. The van der Waals surface area contributed by atoms with Crippen LogP contribution in [0.4, 0.5) is 5.69 Å². The molecule has 3 rings (SSSR count). The normalized spacial score (nSPS) is 10.5. The van der Waals surface area contributed by atoms with E-state index in [0.717, 1.165) is 21.8 Å². The first-order valence-corrected chi connectivity index (χ1v) is 8.31. The van der Waals surface area contributed by atoms with Crippen LogP contribution in [0, 0.1) is 6.92 Å². The first-order chi connectivity index (χ1) is 11.2. The van der Waals surface area contributed by atoms with E-state index in [1.54, 1.807) is 17.3 Å². The van der Waals surface area contributed by atoms with E-state index >= 15 is 0 Å². The molecule has 23 heavy (non-hydrogen) atoms. The summed E-state index contributed by atoms with van der Waals surface area (Å²) in [5.74, 6) is -0.0744. The SMILES string of the molecule is CCN(C(=O)c1csc(-c2ccncc2)n1)c1cccc(C)c1. The molecular weight excluding hydrogens is 306 g/mol. The summed E-state index contributed by atoms with van der Waals surface area (Å²) in [5.41, 5.74) is 3.48. The second-order valence-electron chi connectivity index (χ2n) is 5.16. The summed E-state index contributed by atoms with van der Waals surface area (Å²) >= 11 is 1.47. The van der Waals surface area contributed by atoms with Gasteiger partial charge in [-0.05, 0) is 43.7 Å². The molecule has 0 spiro atoms. The van der Waals surface area contributed by atoms with Gasteiger partial charge in [0.1, 0.15) is 10.7 Å². The molecule has 0 radical (unpaired) electrons. The van der Waals surface area contributed by atoms with E-state index < -0.39 is 0 Å². The van der Waals surface area contributed by atoms with Crippen LogP contribution in [0.15, 0.2) is 54.2 Å². The number of carbonyl (C=O) groups is 1. The number of aromatic nitrogens is 2. The van der Waals surface area contributed by atoms with Crippen molar-refractivity contribution in [1.82, 2.24) is 9.97 Å². The first-order valence-electron chi connectivity index (χ1n) is 7.43. The lowest BCUT2D eigenvalue weighted by molar-refractivity contribution is 0.0984. The Balaban J connectivity index is 1.89. The van der Waals surface area contributed by atoms with Gasteiger partial charge < -0.3 is 4.90 Å². The number of rotatable bonds is 4. The summed E-state index contributed by atoms with van der Waals surface area (Å²) in [6.45, 7) is 4.59. The van der Waals surface area contributed by atoms with Gasteiger partial charge in [0, 0.05) is 35.6 Å². The van der Waals surface area contributed by atoms with E-state index in [-0.39, 0.29) is 5.91 Å². The van der Waals surface area contributed by atoms with Crippen molar-refractivity contribution in [3.63, 3.8) is 0 Å². The number of hydrogen-bond donors (Lipinski definition) is 0. The van der Waals surface area contributed by atoms with Gasteiger partial charge in [-0.25, -0.2) is 4.98 Å². The fourth-order valence-electron chi connectivity index (χ4n) is 2.38. The van der Waals surface area contributed by atoms with E-state index in [9.17, 15) is 4.79 Å². The quantitative estimate of drug-likeness (QED) is 0.723. The monoisotopic (exact) mass is 323 g/mol. The maximum atomic E-state index is 12.8. The van der Waals surface area contributed by atoms with Crippen LogP contribution in [0.1, 0.15) is 23.0 Å². The van der Waals surface area contributed by atoms with Gasteiger partial charge in [0.15, 0.2) is 0 Å². The highest BCUT2D eigenvalue weighted by Gasteiger charge is 2.19. The summed E-state index contributed by atoms with van der Waals surface area (Å²) in [6, 6.07) is 11.7. The molecule has 2 heterocycles. The van der Waals surface area contributed by atoms with Crippen LogP contribution < -0.4 is 4.90 Å². The number of thiazole rings is 1. The summed E-state index contributed by atoms with van der Waals surface area (Å²) in [5, 5.41) is 2.65. The van der Waals surface area contributed by atoms with Gasteiger partial charge in [-0.3, -0.25) is 9.78 Å². The number of aryl methyl sites for hydroxylation is 1. The van der Waals surface area contributed by atoms with Crippen LogP contribution in [0.25, 0.3) is 10.6 Å². The Bertz CT molecular complexity index is 814. The molecule has 0 saturated carbocycles. The van der Waals surface area contributed by atoms with Crippen molar-refractivity contribution >= 4 is 22.9 Å². The topological polar surface area (TPSA) is 46.1 Å². The Morgan fingerprint density at radius 1 is 1.22 bits per heavy atom. The highest BCUT2D eigenvalue weighted by atomic mass is 32.1. The van der Waals surface area contributed by atoms with Crippen LogP contribution in [-0.2, 0) is 0 Å². The van der Waals surface area contributed by atoms with Gasteiger partial charge >= 0.3 is 0 Å². The van der Waals surface area contributed by atoms with Crippen LogP contribution in [0.5, 0.6) is 0 Å². The average Bonchev–Trinajstić information content (AvgIpc) is 3.06. The fourth-order valence-corrected chi connectivity index (χ4v) is 3.18. The number of anilines is 1. The Morgan fingerprint density at radius 2 is 2.00 bits per heavy atom. The summed E-state index contributed by atoms with van der Waals surface area (Å²) in [6.07, 6.45) is 3.45. The lowest BCUT2D eigenvalue weighted by Crippen LogP contribution is -2.30. The predicted octanol–water partition coefficient (Wildman–Crippen LogP) is 4.18. The van der Waals surface area contributed by atoms with Crippen LogP contribution in [0.2, 0.25) is 0 Å². The second kappa shape index (κ2) is 6.71. The second-order valence-corrected chi connectivity index (χ2v) is 6.02. The Hall–Kier alpha value is -2.53. The van der Waals surface area contributed by atoms with E-state index in [0.29, 0.717) is 12.2 Å². The Morgan fingerprint density at radius 3 is 2.70 bits per heavy atom. The van der Waals surface area contributed by atoms with Crippen LogP contribution >= 0.6 is 11.3 Å². The zero-order chi connectivity index (χ0) is 16.2. The molecule has 0 aliphatic heterocycles. The zero-order valence-corrected chi connectivity index (χ0v) is 13.9. The number of nitrogens with zero attached hydrogens (tertiary/aromatic N) is 3. The molecule has 0 unspecified atom stereocenters. The molecule has 1 aromatic carbocycles. The lowest BCUT2D eigenvalue weighted by atomic mass is 10.2. The third-order valence-electron chi connectivity index (χ3n) is 3.53. The molecule has 4 nitrogen and oxygen atoms in total. The molecule has 0 saturated heterocycles. The molecule has 116 valence electrons. The maximum absolute atomic E-state index is 12.8. The van der Waals surface area contributed by atoms with Gasteiger partial charge in [0.05, 0.1) is 0 Å². The van der Waals surface area contributed by atoms with Gasteiger partial charge in [-0.15, -0.1) is 11.3 Å². The Kier molecular flexibility index (Phi) is 4.48. The minimum atomic E-state index is -0.0744. The third-order valence-corrected chi connectivity index (χ3v) is 4.42. The van der Waals surface area contributed by atoms with Crippen molar-refractivity contribution in [2.45, 2.75) is 13.8 Å². The molecule has 0 atom stereocenters. The van der Waals surface area contributed by atoms with E-state index in [1.807, 2.05) is 55.6 Å². The molecule has 1 amide bonds. The number of carbonyl (C=O) groups excluding carboxylic acids is 1. The van der Waals surface area contributed by atoms with Crippen molar-refractivity contribution in [3.8, 4) is 10.6 Å². The van der Waals surface area contributed by atoms with Crippen molar-refractivity contribution < 1.29 is 4.79 Å².